The zero-order valence-corrected chi connectivity index (χ0v) is 17.6. The molecule has 7 nitrogen and oxygen atoms in total. The fourth-order valence-corrected chi connectivity index (χ4v) is 4.21. The molecule has 3 amide bonds. The van der Waals surface area contributed by atoms with E-state index in [2.05, 4.69) is 20.9 Å². The number of nitrogens with zero attached hydrogens (tertiary/aromatic N) is 1. The third-order valence-electron chi connectivity index (χ3n) is 4.70. The summed E-state index contributed by atoms with van der Waals surface area (Å²) in [6, 6.07) is 12.1. The summed E-state index contributed by atoms with van der Waals surface area (Å²) in [5, 5.41) is 11.4. The summed E-state index contributed by atoms with van der Waals surface area (Å²) in [6.07, 6.45) is 0.654. The van der Waals surface area contributed by atoms with E-state index in [-0.39, 0.29) is 18.0 Å². The molecule has 154 valence electrons. The first-order valence-corrected chi connectivity index (χ1v) is 10.6. The van der Waals surface area contributed by atoms with Crippen LogP contribution in [0.1, 0.15) is 28.4 Å². The van der Waals surface area contributed by atoms with Gasteiger partial charge in [0.2, 0.25) is 0 Å². The Labute approximate surface area is 182 Å². The van der Waals surface area contributed by atoms with E-state index in [4.69, 9.17) is 16.3 Å². The zero-order valence-electron chi connectivity index (χ0n) is 16.1. The highest BCUT2D eigenvalue weighted by Crippen LogP contribution is 2.37. The van der Waals surface area contributed by atoms with E-state index < -0.39 is 0 Å². The first-order chi connectivity index (χ1) is 14.5. The van der Waals surface area contributed by atoms with Gasteiger partial charge in [-0.25, -0.2) is 9.78 Å². The molecule has 1 aliphatic rings. The van der Waals surface area contributed by atoms with E-state index in [1.807, 2.05) is 24.3 Å². The van der Waals surface area contributed by atoms with Crippen LogP contribution in [0.4, 0.5) is 10.6 Å². The van der Waals surface area contributed by atoms with Crippen molar-refractivity contribution in [1.82, 2.24) is 15.6 Å². The van der Waals surface area contributed by atoms with E-state index in [0.29, 0.717) is 35.2 Å². The highest BCUT2D eigenvalue weighted by atomic mass is 35.5. The molecule has 3 N–H and O–H groups in total. The second-order valence-corrected chi connectivity index (χ2v) is 7.91. The lowest BCUT2D eigenvalue weighted by Gasteiger charge is -2.27. The molecule has 1 aliphatic heterocycles. The van der Waals surface area contributed by atoms with Gasteiger partial charge in [0.1, 0.15) is 16.6 Å². The topological polar surface area (TPSA) is 92.4 Å². The van der Waals surface area contributed by atoms with Gasteiger partial charge >= 0.3 is 6.03 Å². The molecule has 2 heterocycles. The molecule has 1 atom stereocenters. The van der Waals surface area contributed by atoms with Crippen LogP contribution >= 0.6 is 22.9 Å². The number of hydrogen-bond donors (Lipinski definition) is 3. The van der Waals surface area contributed by atoms with Crippen molar-refractivity contribution in [2.24, 2.45) is 0 Å². The van der Waals surface area contributed by atoms with Gasteiger partial charge in [0.05, 0.1) is 17.7 Å². The number of urea groups is 1. The molecule has 3 aromatic rings. The minimum atomic E-state index is -0.348. The van der Waals surface area contributed by atoms with E-state index in [0.717, 1.165) is 16.1 Å². The molecule has 9 heteroatoms. The lowest BCUT2D eigenvalue weighted by atomic mass is 10.0. The van der Waals surface area contributed by atoms with E-state index in [1.165, 1.54) is 11.3 Å². The Morgan fingerprint density at radius 2 is 2.00 bits per heavy atom. The summed E-state index contributed by atoms with van der Waals surface area (Å²) < 4.78 is 5.63. The van der Waals surface area contributed by atoms with Gasteiger partial charge in [0, 0.05) is 35.5 Å². The van der Waals surface area contributed by atoms with Crippen LogP contribution in [-0.2, 0) is 0 Å². The summed E-state index contributed by atoms with van der Waals surface area (Å²) in [5.74, 6) is 0.934. The second kappa shape index (κ2) is 8.73. The summed E-state index contributed by atoms with van der Waals surface area (Å²) >= 11 is 7.60. The molecule has 0 spiro atoms. The highest BCUT2D eigenvalue weighted by molar-refractivity contribution is 7.13. The van der Waals surface area contributed by atoms with Crippen LogP contribution in [0.15, 0.2) is 47.8 Å². The number of carbonyl (C=O) groups excluding carboxylic acids is 2. The molecule has 0 saturated heterocycles. The van der Waals surface area contributed by atoms with Crippen molar-refractivity contribution in [3.63, 3.8) is 0 Å². The molecular weight excluding hydrogens is 424 g/mol. The maximum atomic E-state index is 12.5. The standard InChI is InChI=1S/C21H19ClN4O3S/c1-23-19(27)12-5-7-13(8-6-12)20-25-17(11-30-20)26-21(28)24-16-9-10-29-18-14(16)3-2-4-15(18)22/h2-8,11,16H,9-10H2,1H3,(H,23,27)(H2,24,26,28)/t16-/m0/s1. The van der Waals surface area contributed by atoms with Gasteiger partial charge in [0.25, 0.3) is 5.91 Å². The fraction of sp³-hybridized carbons (Fsp3) is 0.190. The number of thiazole rings is 1. The van der Waals surface area contributed by atoms with Gasteiger partial charge in [-0.2, -0.15) is 0 Å². The quantitative estimate of drug-likeness (QED) is 0.555. The largest absolute Gasteiger partial charge is 0.492 e. The van der Waals surface area contributed by atoms with Crippen LogP contribution in [0.3, 0.4) is 0 Å². The lowest BCUT2D eigenvalue weighted by Crippen LogP contribution is -2.35. The van der Waals surface area contributed by atoms with Crippen molar-refractivity contribution >= 4 is 40.7 Å². The molecule has 0 fully saturated rings. The smallest absolute Gasteiger partial charge is 0.320 e. The van der Waals surface area contributed by atoms with Crippen LogP contribution in [0.2, 0.25) is 5.02 Å². The minimum Gasteiger partial charge on any atom is -0.492 e. The number of ether oxygens (including phenoxy) is 1. The number of para-hydroxylation sites is 1. The van der Waals surface area contributed by atoms with E-state index in [9.17, 15) is 9.59 Å². The number of hydrogen-bond acceptors (Lipinski definition) is 5. The van der Waals surface area contributed by atoms with Crippen LogP contribution in [0.5, 0.6) is 5.75 Å². The maximum absolute atomic E-state index is 12.5. The number of nitrogens with one attached hydrogen (secondary N) is 3. The van der Waals surface area contributed by atoms with Gasteiger partial charge in [-0.1, -0.05) is 35.9 Å². The number of halogens is 1. The molecular formula is C21H19ClN4O3S. The number of carbonyl (C=O) groups is 2. The third kappa shape index (κ3) is 4.24. The summed E-state index contributed by atoms with van der Waals surface area (Å²) in [5.41, 5.74) is 2.31. The fourth-order valence-electron chi connectivity index (χ4n) is 3.22. The van der Waals surface area contributed by atoms with Gasteiger partial charge in [0.15, 0.2) is 0 Å². The number of rotatable bonds is 4. The Balaban J connectivity index is 1.42. The third-order valence-corrected chi connectivity index (χ3v) is 5.89. The van der Waals surface area contributed by atoms with Crippen molar-refractivity contribution in [1.29, 1.82) is 0 Å². The average Bonchev–Trinajstić information content (AvgIpc) is 3.22. The van der Waals surface area contributed by atoms with Crippen molar-refractivity contribution < 1.29 is 14.3 Å². The predicted octanol–water partition coefficient (Wildman–Crippen LogP) is 4.47. The zero-order chi connectivity index (χ0) is 21.1. The van der Waals surface area contributed by atoms with Gasteiger partial charge in [-0.3, -0.25) is 10.1 Å². The van der Waals surface area contributed by atoms with Crippen molar-refractivity contribution in [3.8, 4) is 16.3 Å². The van der Waals surface area contributed by atoms with Gasteiger partial charge < -0.3 is 15.4 Å². The van der Waals surface area contributed by atoms with Crippen molar-refractivity contribution in [3.05, 3.63) is 64.0 Å². The molecule has 1 aromatic heterocycles. The number of amides is 3. The highest BCUT2D eigenvalue weighted by Gasteiger charge is 2.25. The van der Waals surface area contributed by atoms with Crippen LogP contribution in [0.25, 0.3) is 10.6 Å². The number of anilines is 1. The number of aromatic nitrogens is 1. The molecule has 0 saturated carbocycles. The van der Waals surface area contributed by atoms with E-state index >= 15 is 0 Å². The molecule has 4 rings (SSSR count). The van der Waals surface area contributed by atoms with Crippen LogP contribution < -0.4 is 20.7 Å². The SMILES string of the molecule is CNC(=O)c1ccc(-c2nc(NC(=O)N[C@H]3CCOc4c(Cl)cccc43)cs2)cc1. The molecule has 2 aromatic carbocycles. The molecule has 0 aliphatic carbocycles. The predicted molar refractivity (Wildman–Crippen MR) is 117 cm³/mol. The minimum absolute atomic E-state index is 0.143. The van der Waals surface area contributed by atoms with E-state index in [1.54, 1.807) is 30.6 Å². The summed E-state index contributed by atoms with van der Waals surface area (Å²) in [6.45, 7) is 0.481. The summed E-state index contributed by atoms with van der Waals surface area (Å²) in [7, 11) is 1.59. The molecule has 0 unspecified atom stereocenters. The Bertz CT molecular complexity index is 1080. The van der Waals surface area contributed by atoms with Crippen LogP contribution in [-0.4, -0.2) is 30.6 Å². The monoisotopic (exact) mass is 442 g/mol. The Kier molecular flexibility index (Phi) is 5.87. The van der Waals surface area contributed by atoms with Crippen molar-refractivity contribution in [2.75, 3.05) is 19.0 Å². The number of benzene rings is 2. The maximum Gasteiger partial charge on any atom is 0.320 e. The summed E-state index contributed by atoms with van der Waals surface area (Å²) in [4.78, 5) is 28.6. The first-order valence-electron chi connectivity index (χ1n) is 9.32. The first kappa shape index (κ1) is 20.2. The molecule has 0 bridgehead atoms. The van der Waals surface area contributed by atoms with Gasteiger partial charge in [-0.15, -0.1) is 11.3 Å². The molecule has 30 heavy (non-hydrogen) atoms. The lowest BCUT2D eigenvalue weighted by molar-refractivity contribution is 0.0963. The Morgan fingerprint density at radius 3 is 2.77 bits per heavy atom. The average molecular weight is 443 g/mol. The second-order valence-electron chi connectivity index (χ2n) is 6.64. The van der Waals surface area contributed by atoms with Gasteiger partial charge in [-0.05, 0) is 18.2 Å². The van der Waals surface area contributed by atoms with Crippen molar-refractivity contribution in [2.45, 2.75) is 12.5 Å². The van der Waals surface area contributed by atoms with Crippen LogP contribution in [0, 0.1) is 0 Å². The normalized spacial score (nSPS) is 14.9. The number of fused-ring (bicyclic) bond motifs is 1. The molecule has 0 radical (unpaired) electrons. The Morgan fingerprint density at radius 1 is 1.20 bits per heavy atom. The Hall–Kier alpha value is -3.10.